The number of sulfonamides is 1. The Morgan fingerprint density at radius 1 is 1.19 bits per heavy atom. The van der Waals surface area contributed by atoms with Crippen LogP contribution in [0.5, 0.6) is 0 Å². The normalized spacial score (nSPS) is 16.5. The van der Waals surface area contributed by atoms with Crippen LogP contribution in [0.1, 0.15) is 56.8 Å². The minimum absolute atomic E-state index is 0.0104. The van der Waals surface area contributed by atoms with E-state index in [0.29, 0.717) is 0 Å². The highest BCUT2D eigenvalue weighted by Crippen LogP contribution is 2.19. The fourth-order valence-electron chi connectivity index (χ4n) is 2.90. The van der Waals surface area contributed by atoms with Crippen molar-refractivity contribution in [2.24, 2.45) is 0 Å². The molecule has 1 aromatic rings. The van der Waals surface area contributed by atoms with Crippen molar-refractivity contribution in [1.82, 2.24) is 9.62 Å². The lowest BCUT2D eigenvalue weighted by atomic mass is 10.2. The van der Waals surface area contributed by atoms with E-state index in [1.165, 1.54) is 42.5 Å². The molecule has 0 saturated heterocycles. The average molecular weight is 397 g/mol. The van der Waals surface area contributed by atoms with Gasteiger partial charge in [-0.15, -0.1) is 0 Å². The van der Waals surface area contributed by atoms with Gasteiger partial charge in [-0.05, 0) is 51.8 Å². The zero-order valence-electron chi connectivity index (χ0n) is 16.3. The smallest absolute Gasteiger partial charge is 0.338 e. The molecule has 8 heteroatoms. The molecule has 1 fully saturated rings. The van der Waals surface area contributed by atoms with Crippen molar-refractivity contribution in [2.75, 3.05) is 7.05 Å². The Morgan fingerprint density at radius 3 is 2.41 bits per heavy atom. The largest absolute Gasteiger partial charge is 0.449 e. The molecule has 0 radical (unpaired) electrons. The molecule has 0 unspecified atom stereocenters. The number of rotatable bonds is 7. The molecule has 1 aromatic carbocycles. The lowest BCUT2D eigenvalue weighted by molar-refractivity contribution is -0.129. The molecule has 0 aromatic heterocycles. The molecule has 27 heavy (non-hydrogen) atoms. The molecular weight excluding hydrogens is 368 g/mol. The van der Waals surface area contributed by atoms with Crippen LogP contribution < -0.4 is 5.32 Å². The minimum atomic E-state index is -3.71. The van der Waals surface area contributed by atoms with Gasteiger partial charge in [0, 0.05) is 19.1 Å². The molecule has 0 aliphatic heterocycles. The Balaban J connectivity index is 2.07. The molecule has 1 aliphatic carbocycles. The molecule has 1 atom stereocenters. The number of amides is 1. The molecule has 1 saturated carbocycles. The summed E-state index contributed by atoms with van der Waals surface area (Å²) in [5.74, 6) is -1.06. The first-order valence-electron chi connectivity index (χ1n) is 9.22. The third kappa shape index (κ3) is 5.29. The predicted octanol–water partition coefficient (Wildman–Crippen LogP) is 2.32. The lowest BCUT2D eigenvalue weighted by Gasteiger charge is -2.21. The number of ether oxygens (including phenoxy) is 1. The Kier molecular flexibility index (Phi) is 7.00. The average Bonchev–Trinajstić information content (AvgIpc) is 3.13. The molecular formula is C19H28N2O5S. The van der Waals surface area contributed by atoms with E-state index < -0.39 is 22.1 Å². The fourth-order valence-corrected chi connectivity index (χ4v) is 4.31. The van der Waals surface area contributed by atoms with Gasteiger partial charge in [0.05, 0.1) is 10.5 Å². The number of hydrogen-bond donors (Lipinski definition) is 1. The highest BCUT2D eigenvalue weighted by atomic mass is 32.2. The van der Waals surface area contributed by atoms with Crippen molar-refractivity contribution >= 4 is 21.9 Å². The molecule has 0 bridgehead atoms. The summed E-state index contributed by atoms with van der Waals surface area (Å²) in [6.45, 7) is 5.04. The van der Waals surface area contributed by atoms with Crippen molar-refractivity contribution in [3.8, 4) is 0 Å². The van der Waals surface area contributed by atoms with Gasteiger partial charge in [0.2, 0.25) is 10.0 Å². The second kappa shape index (κ2) is 8.84. The van der Waals surface area contributed by atoms with Gasteiger partial charge in [-0.25, -0.2) is 13.2 Å². The molecule has 2 rings (SSSR count). The zero-order chi connectivity index (χ0) is 20.2. The van der Waals surface area contributed by atoms with Gasteiger partial charge in [0.1, 0.15) is 0 Å². The lowest BCUT2D eigenvalue weighted by Crippen LogP contribution is -2.40. The van der Waals surface area contributed by atoms with E-state index >= 15 is 0 Å². The maximum absolute atomic E-state index is 12.6. The number of hydrogen-bond acceptors (Lipinski definition) is 5. The van der Waals surface area contributed by atoms with Crippen molar-refractivity contribution in [3.63, 3.8) is 0 Å². The van der Waals surface area contributed by atoms with E-state index in [9.17, 15) is 18.0 Å². The summed E-state index contributed by atoms with van der Waals surface area (Å²) in [6.07, 6.45) is 3.11. The maximum atomic E-state index is 12.6. The van der Waals surface area contributed by atoms with Crippen LogP contribution in [0.4, 0.5) is 0 Å². The van der Waals surface area contributed by atoms with Crippen molar-refractivity contribution in [2.45, 2.75) is 69.5 Å². The van der Waals surface area contributed by atoms with Crippen molar-refractivity contribution < 1.29 is 22.7 Å². The van der Waals surface area contributed by atoms with E-state index in [2.05, 4.69) is 5.32 Å². The van der Waals surface area contributed by atoms with E-state index in [-0.39, 0.29) is 28.4 Å². The zero-order valence-corrected chi connectivity index (χ0v) is 17.1. The minimum Gasteiger partial charge on any atom is -0.449 e. The van der Waals surface area contributed by atoms with Gasteiger partial charge in [-0.2, -0.15) is 4.31 Å². The topological polar surface area (TPSA) is 92.8 Å². The van der Waals surface area contributed by atoms with E-state index in [1.54, 1.807) is 13.8 Å². The van der Waals surface area contributed by atoms with Crippen LogP contribution in [-0.4, -0.2) is 49.8 Å². The third-order valence-electron chi connectivity index (χ3n) is 4.83. The van der Waals surface area contributed by atoms with E-state index in [1.807, 2.05) is 0 Å². The number of carbonyl (C=O) groups is 2. The van der Waals surface area contributed by atoms with Crippen LogP contribution in [0.2, 0.25) is 0 Å². The van der Waals surface area contributed by atoms with Gasteiger partial charge >= 0.3 is 5.97 Å². The standard InChI is InChI=1S/C19H28N2O5S/c1-13(2)21(4)27(24,25)17-11-7-8-15(12-17)19(23)26-14(3)18(22)20-16-9-5-6-10-16/h7-8,11-14,16H,5-6,9-10H2,1-4H3,(H,20,22)/t14-/m0/s1. The first-order valence-corrected chi connectivity index (χ1v) is 10.7. The van der Waals surface area contributed by atoms with Crippen LogP contribution in [0, 0.1) is 0 Å². The van der Waals surface area contributed by atoms with Gasteiger partial charge in [-0.1, -0.05) is 18.9 Å². The maximum Gasteiger partial charge on any atom is 0.338 e. The third-order valence-corrected chi connectivity index (χ3v) is 6.86. The van der Waals surface area contributed by atoms with Crippen LogP contribution in [0.15, 0.2) is 29.2 Å². The molecule has 150 valence electrons. The monoisotopic (exact) mass is 396 g/mol. The molecule has 1 amide bonds. The molecule has 0 spiro atoms. The van der Waals surface area contributed by atoms with Gasteiger partial charge in [0.15, 0.2) is 6.10 Å². The van der Waals surface area contributed by atoms with Crippen molar-refractivity contribution in [1.29, 1.82) is 0 Å². The first kappa shape index (κ1) is 21.4. The number of nitrogens with zero attached hydrogens (tertiary/aromatic N) is 1. The summed E-state index contributed by atoms with van der Waals surface area (Å²) in [5.41, 5.74) is 0.0914. The summed E-state index contributed by atoms with van der Waals surface area (Å²) >= 11 is 0. The number of nitrogens with one attached hydrogen (secondary N) is 1. The van der Waals surface area contributed by atoms with Gasteiger partial charge in [0.25, 0.3) is 5.91 Å². The molecule has 0 heterocycles. The van der Waals surface area contributed by atoms with Crippen LogP contribution >= 0.6 is 0 Å². The number of esters is 1. The number of carbonyl (C=O) groups excluding carboxylic acids is 2. The first-order chi connectivity index (χ1) is 12.6. The number of benzene rings is 1. The predicted molar refractivity (Wildman–Crippen MR) is 102 cm³/mol. The van der Waals surface area contributed by atoms with Crippen molar-refractivity contribution in [3.05, 3.63) is 29.8 Å². The second-order valence-corrected chi connectivity index (χ2v) is 9.18. The molecule has 1 aliphatic rings. The van der Waals surface area contributed by atoms with Crippen LogP contribution in [0.3, 0.4) is 0 Å². The quantitative estimate of drug-likeness (QED) is 0.714. The summed E-state index contributed by atoms with van der Waals surface area (Å²) in [6, 6.07) is 5.59. The Bertz CT molecular complexity index is 785. The van der Waals surface area contributed by atoms with Gasteiger partial charge in [-0.3, -0.25) is 4.79 Å². The molecule has 7 nitrogen and oxygen atoms in total. The SMILES string of the molecule is CC(C)N(C)S(=O)(=O)c1cccc(C(=O)O[C@@H](C)C(=O)NC2CCCC2)c1. The highest BCUT2D eigenvalue weighted by Gasteiger charge is 2.26. The summed E-state index contributed by atoms with van der Waals surface area (Å²) in [5, 5.41) is 2.88. The van der Waals surface area contributed by atoms with E-state index in [0.717, 1.165) is 25.7 Å². The Labute approximate surface area is 161 Å². The second-order valence-electron chi connectivity index (χ2n) is 7.18. The molecule has 1 N–H and O–H groups in total. The van der Waals surface area contributed by atoms with Crippen LogP contribution in [-0.2, 0) is 19.6 Å². The Morgan fingerprint density at radius 2 is 1.81 bits per heavy atom. The summed E-state index contributed by atoms with van der Waals surface area (Å²) in [7, 11) is -2.22. The fraction of sp³-hybridized carbons (Fsp3) is 0.579. The van der Waals surface area contributed by atoms with Gasteiger partial charge < -0.3 is 10.1 Å². The summed E-state index contributed by atoms with van der Waals surface area (Å²) < 4.78 is 31.6. The highest BCUT2D eigenvalue weighted by molar-refractivity contribution is 7.89. The Hall–Kier alpha value is -1.93. The van der Waals surface area contributed by atoms with Crippen LogP contribution in [0.25, 0.3) is 0 Å². The summed E-state index contributed by atoms with van der Waals surface area (Å²) in [4.78, 5) is 24.5. The van der Waals surface area contributed by atoms with E-state index in [4.69, 9.17) is 4.74 Å².